The second-order valence-corrected chi connectivity index (χ2v) is 5.47. The third-order valence-electron chi connectivity index (χ3n) is 3.85. The number of benzene rings is 3. The van der Waals surface area contributed by atoms with E-state index in [0.717, 1.165) is 33.5 Å². The van der Waals surface area contributed by atoms with E-state index in [4.69, 9.17) is 9.93 Å². The summed E-state index contributed by atoms with van der Waals surface area (Å²) in [6.07, 6.45) is 0. The molecule has 1 heterocycles. The second-order valence-electron chi connectivity index (χ2n) is 5.47. The number of halogens is 1. The molecule has 5 heteroatoms. The number of amidine groups is 1. The van der Waals surface area contributed by atoms with Gasteiger partial charge < -0.3 is 9.84 Å². The minimum atomic E-state index is 0. The van der Waals surface area contributed by atoms with E-state index in [0.29, 0.717) is 5.84 Å². The van der Waals surface area contributed by atoms with E-state index < -0.39 is 0 Å². The first-order valence-electron chi connectivity index (χ1n) is 7.67. The number of rotatable bonds is 3. The van der Waals surface area contributed by atoms with Gasteiger partial charge in [0, 0.05) is 22.2 Å². The summed E-state index contributed by atoms with van der Waals surface area (Å²) in [6.45, 7) is 0. The van der Waals surface area contributed by atoms with Crippen molar-refractivity contribution in [2.45, 2.75) is 0 Å². The molecule has 0 unspecified atom stereocenters. The van der Waals surface area contributed by atoms with Crippen molar-refractivity contribution in [3.8, 4) is 11.3 Å². The summed E-state index contributed by atoms with van der Waals surface area (Å²) in [7, 11) is 0. The number of nitrogens with one attached hydrogen (secondary N) is 2. The van der Waals surface area contributed by atoms with E-state index in [9.17, 15) is 0 Å². The van der Waals surface area contributed by atoms with Gasteiger partial charge in [-0.3, -0.25) is 5.41 Å². The van der Waals surface area contributed by atoms with Crippen molar-refractivity contribution in [3.63, 3.8) is 0 Å². The van der Waals surface area contributed by atoms with Gasteiger partial charge in [0.2, 0.25) is 0 Å². The molecule has 4 nitrogen and oxygen atoms in total. The number of anilines is 1. The van der Waals surface area contributed by atoms with E-state index in [1.165, 1.54) is 0 Å². The number of fused-ring (bicyclic) bond motifs is 1. The minimum absolute atomic E-state index is 0. The predicted molar refractivity (Wildman–Crippen MR) is 104 cm³/mol. The highest BCUT2D eigenvalue weighted by atomic mass is 35.5. The van der Waals surface area contributed by atoms with Crippen molar-refractivity contribution < 1.29 is 4.52 Å². The van der Waals surface area contributed by atoms with Crippen molar-refractivity contribution in [1.82, 2.24) is 5.16 Å². The average Bonchev–Trinajstić information content (AvgIpc) is 3.07. The number of aromatic nitrogens is 1. The number of nitrogens with zero attached hydrogens (tertiary/aromatic N) is 1. The van der Waals surface area contributed by atoms with Crippen LogP contribution in [-0.2, 0) is 0 Å². The summed E-state index contributed by atoms with van der Waals surface area (Å²) in [5, 5.41) is 16.5. The highest BCUT2D eigenvalue weighted by molar-refractivity contribution is 6.06. The Morgan fingerprint density at radius 3 is 2.48 bits per heavy atom. The van der Waals surface area contributed by atoms with Gasteiger partial charge in [0.25, 0.3) is 0 Å². The van der Waals surface area contributed by atoms with Gasteiger partial charge in [-0.1, -0.05) is 59.8 Å². The third-order valence-corrected chi connectivity index (χ3v) is 3.85. The van der Waals surface area contributed by atoms with E-state index in [1.54, 1.807) is 0 Å². The Kier molecular flexibility index (Phi) is 4.82. The lowest BCUT2D eigenvalue weighted by Gasteiger charge is -2.09. The molecule has 0 aliphatic rings. The molecule has 25 heavy (non-hydrogen) atoms. The zero-order valence-corrected chi connectivity index (χ0v) is 14.1. The third kappa shape index (κ3) is 3.39. The summed E-state index contributed by atoms with van der Waals surface area (Å²) < 4.78 is 5.38. The lowest BCUT2D eigenvalue weighted by molar-refractivity contribution is 0.459. The van der Waals surface area contributed by atoms with Gasteiger partial charge in [0.1, 0.15) is 11.5 Å². The van der Waals surface area contributed by atoms with Crippen molar-refractivity contribution in [3.05, 3.63) is 84.4 Å². The topological polar surface area (TPSA) is 61.9 Å². The predicted octanol–water partition coefficient (Wildman–Crippen LogP) is 5.35. The molecule has 124 valence electrons. The van der Waals surface area contributed by atoms with E-state index in [-0.39, 0.29) is 12.4 Å². The molecule has 0 bridgehead atoms. The summed E-state index contributed by atoms with van der Waals surface area (Å²) in [4.78, 5) is 0. The Hall–Kier alpha value is -3.11. The molecular weight excluding hydrogens is 334 g/mol. The molecular formula is C20H16ClN3O. The smallest absolute Gasteiger partial charge is 0.167 e. The standard InChI is InChI=1S/C20H15N3O.ClH/c21-20(14-7-2-1-3-8-14)22-16-10-6-9-15(13-16)19-17-11-4-5-12-18(17)24-23-19;/h1-13H,(H2,21,22);1H. The molecule has 0 aliphatic heterocycles. The van der Waals surface area contributed by atoms with Crippen LogP contribution >= 0.6 is 12.4 Å². The van der Waals surface area contributed by atoms with Gasteiger partial charge in [0.05, 0.1) is 0 Å². The quantitative estimate of drug-likeness (QED) is 0.387. The Balaban J connectivity index is 0.00000182. The van der Waals surface area contributed by atoms with Crippen LogP contribution in [0.2, 0.25) is 0 Å². The highest BCUT2D eigenvalue weighted by Crippen LogP contribution is 2.29. The zero-order chi connectivity index (χ0) is 16.4. The fraction of sp³-hybridized carbons (Fsp3) is 0. The lowest BCUT2D eigenvalue weighted by Crippen LogP contribution is -2.11. The maximum atomic E-state index is 8.20. The first-order valence-corrected chi connectivity index (χ1v) is 7.67. The summed E-state index contributed by atoms with van der Waals surface area (Å²) >= 11 is 0. The molecule has 0 atom stereocenters. The molecule has 2 N–H and O–H groups in total. The molecule has 0 fully saturated rings. The fourth-order valence-electron chi connectivity index (χ4n) is 2.66. The Morgan fingerprint density at radius 1 is 0.880 bits per heavy atom. The fourth-order valence-corrected chi connectivity index (χ4v) is 2.66. The molecule has 3 aromatic carbocycles. The number of hydrogen-bond donors (Lipinski definition) is 2. The molecule has 4 aromatic rings. The second kappa shape index (κ2) is 7.20. The molecule has 0 saturated heterocycles. The molecule has 0 aliphatic carbocycles. The first kappa shape index (κ1) is 16.7. The summed E-state index contributed by atoms with van der Waals surface area (Å²) in [5.74, 6) is 0.359. The van der Waals surface area contributed by atoms with Gasteiger partial charge in [-0.2, -0.15) is 0 Å². The van der Waals surface area contributed by atoms with Gasteiger partial charge in [-0.25, -0.2) is 0 Å². The van der Waals surface area contributed by atoms with Gasteiger partial charge >= 0.3 is 0 Å². The monoisotopic (exact) mass is 349 g/mol. The maximum Gasteiger partial charge on any atom is 0.167 e. The molecule has 1 aromatic heterocycles. The van der Waals surface area contributed by atoms with Crippen molar-refractivity contribution >= 4 is 34.9 Å². The Morgan fingerprint density at radius 2 is 1.64 bits per heavy atom. The molecule has 0 spiro atoms. The molecule has 0 saturated carbocycles. The zero-order valence-electron chi connectivity index (χ0n) is 13.3. The van der Waals surface area contributed by atoms with Crippen molar-refractivity contribution in [2.75, 3.05) is 5.32 Å². The Bertz CT molecular complexity index is 1010. The van der Waals surface area contributed by atoms with Crippen LogP contribution < -0.4 is 5.32 Å². The summed E-state index contributed by atoms with van der Waals surface area (Å²) in [6, 6.07) is 25.2. The average molecular weight is 350 g/mol. The van der Waals surface area contributed by atoms with E-state index in [2.05, 4.69) is 10.5 Å². The molecule has 4 rings (SSSR count). The highest BCUT2D eigenvalue weighted by Gasteiger charge is 2.10. The van der Waals surface area contributed by atoms with Crippen LogP contribution in [-0.4, -0.2) is 11.0 Å². The van der Waals surface area contributed by atoms with Crippen molar-refractivity contribution in [2.24, 2.45) is 0 Å². The van der Waals surface area contributed by atoms with E-state index in [1.807, 2.05) is 78.9 Å². The van der Waals surface area contributed by atoms with Crippen LogP contribution in [0, 0.1) is 5.41 Å². The van der Waals surface area contributed by atoms with Gasteiger partial charge in [-0.15, -0.1) is 12.4 Å². The van der Waals surface area contributed by atoms with Crippen LogP contribution in [0.4, 0.5) is 5.69 Å². The van der Waals surface area contributed by atoms with Crippen LogP contribution in [0.25, 0.3) is 22.2 Å². The first-order chi connectivity index (χ1) is 11.8. The normalized spacial score (nSPS) is 10.2. The minimum Gasteiger partial charge on any atom is -0.356 e. The number of para-hydroxylation sites is 1. The number of hydrogen-bond acceptors (Lipinski definition) is 3. The van der Waals surface area contributed by atoms with Crippen LogP contribution in [0.5, 0.6) is 0 Å². The summed E-state index contributed by atoms with van der Waals surface area (Å²) in [5.41, 5.74) is 4.21. The van der Waals surface area contributed by atoms with Gasteiger partial charge in [0.15, 0.2) is 5.58 Å². The van der Waals surface area contributed by atoms with Crippen LogP contribution in [0.15, 0.2) is 83.4 Å². The SMILES string of the molecule is Cl.N=C(Nc1cccc(-c2noc3ccccc23)c1)c1ccccc1. The van der Waals surface area contributed by atoms with Gasteiger partial charge in [-0.05, 0) is 24.3 Å². The molecule has 0 amide bonds. The Labute approximate surface area is 151 Å². The van der Waals surface area contributed by atoms with Crippen LogP contribution in [0.3, 0.4) is 0 Å². The molecule has 0 radical (unpaired) electrons. The largest absolute Gasteiger partial charge is 0.356 e. The van der Waals surface area contributed by atoms with Crippen LogP contribution in [0.1, 0.15) is 5.56 Å². The lowest BCUT2D eigenvalue weighted by atomic mass is 10.1. The van der Waals surface area contributed by atoms with E-state index >= 15 is 0 Å². The maximum absolute atomic E-state index is 8.20. The van der Waals surface area contributed by atoms with Crippen molar-refractivity contribution in [1.29, 1.82) is 5.41 Å².